The molecule has 18 heteroatoms. The summed E-state index contributed by atoms with van der Waals surface area (Å²) in [6.45, 7) is 16.8. The summed E-state index contributed by atoms with van der Waals surface area (Å²) in [5, 5.41) is 18.9. The molecule has 1 aromatic heterocycles. The van der Waals surface area contributed by atoms with Crippen LogP contribution in [-0.4, -0.2) is 131 Å². The highest BCUT2D eigenvalue weighted by molar-refractivity contribution is 5.98. The van der Waals surface area contributed by atoms with Crippen molar-refractivity contribution in [2.24, 2.45) is 23.7 Å². The van der Waals surface area contributed by atoms with Gasteiger partial charge in [-0.2, -0.15) is 5.26 Å². The van der Waals surface area contributed by atoms with Gasteiger partial charge >= 0.3 is 5.97 Å². The quantitative estimate of drug-likeness (QED) is 0.157. The first kappa shape index (κ1) is 58.1. The van der Waals surface area contributed by atoms with Crippen LogP contribution < -0.4 is 20.7 Å². The number of nitrogens with one attached hydrogen (secondary N) is 3. The van der Waals surface area contributed by atoms with Gasteiger partial charge in [0.2, 0.25) is 29.5 Å². The van der Waals surface area contributed by atoms with Crippen molar-refractivity contribution in [1.82, 2.24) is 35.2 Å². The number of amides is 6. The number of nitrogens with zero attached hydrogens (tertiary/aromatic N) is 5. The summed E-state index contributed by atoms with van der Waals surface area (Å²) in [4.78, 5) is 106. The van der Waals surface area contributed by atoms with Gasteiger partial charge in [-0.25, -0.2) is 9.18 Å². The van der Waals surface area contributed by atoms with E-state index in [0.717, 1.165) is 21.4 Å². The van der Waals surface area contributed by atoms with Gasteiger partial charge in [0.05, 0.1) is 13.2 Å². The number of hydrogen-bond acceptors (Lipinski definition) is 10. The van der Waals surface area contributed by atoms with Crippen LogP contribution in [0.15, 0.2) is 48.7 Å². The number of aromatic nitrogens is 1. The molecule has 0 radical (unpaired) electrons. The molecular weight excluding hydrogens is 924 g/mol. The lowest BCUT2D eigenvalue weighted by Crippen LogP contribution is -2.60. The van der Waals surface area contributed by atoms with Crippen molar-refractivity contribution in [2.45, 2.75) is 156 Å². The highest BCUT2D eigenvalue weighted by Crippen LogP contribution is 2.28. The predicted octanol–water partition coefficient (Wildman–Crippen LogP) is 5.75. The zero-order chi connectivity index (χ0) is 53.7. The summed E-state index contributed by atoms with van der Waals surface area (Å²) in [5.41, 5.74) is 2.22. The molecule has 7 atom stereocenters. The minimum Gasteiger partial charge on any atom is -0.494 e. The zero-order valence-corrected chi connectivity index (χ0v) is 44.4. The summed E-state index contributed by atoms with van der Waals surface area (Å²) < 4.78 is 27.4. The van der Waals surface area contributed by atoms with Crippen LogP contribution in [0.25, 0.3) is 10.9 Å². The number of methoxy groups -OCH3 is 1. The molecule has 6 amide bonds. The Morgan fingerprint density at radius 2 is 1.19 bits per heavy atom. The van der Waals surface area contributed by atoms with E-state index in [9.17, 15) is 33.6 Å². The van der Waals surface area contributed by atoms with Crippen LogP contribution in [0.2, 0.25) is 0 Å². The maximum absolute atomic E-state index is 15.1. The Kier molecular flexibility index (Phi) is 21.2. The van der Waals surface area contributed by atoms with Crippen LogP contribution >= 0.6 is 0 Å². The highest BCUT2D eigenvalue weighted by Gasteiger charge is 2.41. The van der Waals surface area contributed by atoms with E-state index < -0.39 is 89.6 Å². The Bertz CT molecular complexity index is 2450. The fraction of sp³-hybridized carbons (Fsp3) is 0.593. The molecule has 72 heavy (non-hydrogen) atoms. The molecule has 1 saturated heterocycles. The number of fused-ring (bicyclic) bond motifs is 1. The number of benzene rings is 2. The van der Waals surface area contributed by atoms with Gasteiger partial charge in [0.1, 0.15) is 36.3 Å². The molecule has 2 heterocycles. The van der Waals surface area contributed by atoms with Gasteiger partial charge in [0, 0.05) is 64.1 Å². The number of hydrogen-bond donors (Lipinski definition) is 3. The standard InChI is InChI=1S/C54H77FN8O9/c1-31(2)23-40-51(67)60(10)35(9)54(70)72-46(19-16-22-56)50(66)59-42(25-33(5)6)53(69)61(11)44(26-34(7)8)48(64)58-41(24-32(3)4)52(68)62(12)45(49(65)57-40)28-37-30-63(43-18-15-14-17-38(37)43)29-36-20-21-39(55)47(27-36)71-13/h14-15,17-18,20-21,27,30-35,40-42,44-46H,16,19,23-26,28-29H2,1-13H3,(H,57,65)(H,58,64)(H,59,66)/t35-,40-,41-,42-,44-,45-,46+/m0/s1. The third-order valence-corrected chi connectivity index (χ3v) is 13.1. The Labute approximate surface area is 424 Å². The Balaban J connectivity index is 1.93. The largest absolute Gasteiger partial charge is 0.494 e. The van der Waals surface area contributed by atoms with Crippen LogP contribution in [0, 0.1) is 40.8 Å². The number of esters is 1. The molecule has 1 aliphatic heterocycles. The number of cyclic esters (lactones) is 1. The first-order valence-electron chi connectivity index (χ1n) is 25.1. The van der Waals surface area contributed by atoms with Gasteiger partial charge in [-0.3, -0.25) is 28.8 Å². The number of halogens is 1. The van der Waals surface area contributed by atoms with Crippen molar-refractivity contribution < 1.29 is 47.4 Å². The van der Waals surface area contributed by atoms with Gasteiger partial charge in [-0.15, -0.1) is 0 Å². The van der Waals surface area contributed by atoms with Crippen LogP contribution in [0.4, 0.5) is 4.39 Å². The van der Waals surface area contributed by atoms with Crippen molar-refractivity contribution in [2.75, 3.05) is 28.3 Å². The lowest BCUT2D eigenvalue weighted by molar-refractivity contribution is -0.163. The smallest absolute Gasteiger partial charge is 0.329 e. The average Bonchev–Trinajstić information content (AvgIpc) is 3.67. The van der Waals surface area contributed by atoms with E-state index in [-0.39, 0.29) is 74.4 Å². The second-order valence-electron chi connectivity index (χ2n) is 20.9. The van der Waals surface area contributed by atoms with E-state index in [2.05, 4.69) is 16.0 Å². The van der Waals surface area contributed by atoms with Crippen molar-refractivity contribution in [3.63, 3.8) is 0 Å². The van der Waals surface area contributed by atoms with Gasteiger partial charge in [0.15, 0.2) is 17.7 Å². The molecule has 3 aromatic rings. The average molecular weight is 1000 g/mol. The molecule has 3 N–H and O–H groups in total. The number of rotatable bonds is 15. The molecule has 0 aliphatic carbocycles. The van der Waals surface area contributed by atoms with Gasteiger partial charge < -0.3 is 44.7 Å². The molecule has 4 rings (SSSR count). The molecule has 17 nitrogen and oxygen atoms in total. The fourth-order valence-corrected chi connectivity index (χ4v) is 9.07. The lowest BCUT2D eigenvalue weighted by atomic mass is 9.96. The second kappa shape index (κ2) is 26.3. The summed E-state index contributed by atoms with van der Waals surface area (Å²) >= 11 is 0. The summed E-state index contributed by atoms with van der Waals surface area (Å²) in [7, 11) is 5.72. The van der Waals surface area contributed by atoms with Crippen molar-refractivity contribution in [3.8, 4) is 11.8 Å². The number of carbonyl (C=O) groups is 7. The molecule has 0 bridgehead atoms. The van der Waals surface area contributed by atoms with E-state index in [4.69, 9.17) is 9.47 Å². The molecule has 0 unspecified atom stereocenters. The van der Waals surface area contributed by atoms with Crippen LogP contribution in [0.3, 0.4) is 0 Å². The van der Waals surface area contributed by atoms with Crippen molar-refractivity contribution >= 4 is 52.3 Å². The molecular formula is C54H77FN8O9. The van der Waals surface area contributed by atoms with Crippen molar-refractivity contribution in [3.05, 3.63) is 65.6 Å². The molecule has 2 aromatic carbocycles. The van der Waals surface area contributed by atoms with Crippen LogP contribution in [0.1, 0.15) is 112 Å². The number of nitriles is 1. The van der Waals surface area contributed by atoms with Crippen LogP contribution in [0.5, 0.6) is 5.75 Å². The molecule has 1 fully saturated rings. The van der Waals surface area contributed by atoms with Crippen molar-refractivity contribution in [1.29, 1.82) is 5.26 Å². The fourth-order valence-electron chi connectivity index (χ4n) is 9.07. The SMILES string of the molecule is COc1cc(Cn2cc(C[C@H]3C(=O)N[C@@H](CC(C)C)C(=O)N(C)[C@@H](C)C(=O)O[C@H](CCC#N)C(=O)N[C@@H](CC(C)C)C(=O)N(C)[C@@H](CC(C)C)C(=O)N[C@@H](CC(C)C)C(=O)N3C)c3ccccc32)ccc1F. The van der Waals surface area contributed by atoms with Crippen LogP contribution in [-0.2, 0) is 51.3 Å². The predicted molar refractivity (Wildman–Crippen MR) is 271 cm³/mol. The molecule has 1 aliphatic rings. The molecule has 0 spiro atoms. The normalized spacial score (nSPS) is 22.8. The Hall–Kier alpha value is -6.51. The summed E-state index contributed by atoms with van der Waals surface area (Å²) in [6, 6.07) is 6.88. The highest BCUT2D eigenvalue weighted by atomic mass is 19.1. The Morgan fingerprint density at radius 3 is 1.72 bits per heavy atom. The minimum absolute atomic E-state index is 0.0482. The first-order chi connectivity index (χ1) is 33.9. The number of likely N-dealkylation sites (N-methyl/N-ethyl adjacent to an activating group) is 3. The van der Waals surface area contributed by atoms with Gasteiger partial charge in [-0.1, -0.05) is 79.7 Å². The van der Waals surface area contributed by atoms with Gasteiger partial charge in [0.25, 0.3) is 5.91 Å². The second-order valence-corrected chi connectivity index (χ2v) is 20.9. The lowest BCUT2D eigenvalue weighted by Gasteiger charge is -2.35. The van der Waals surface area contributed by atoms with E-state index in [1.54, 1.807) is 12.1 Å². The number of ether oxygens (including phenoxy) is 2. The monoisotopic (exact) mass is 1000 g/mol. The maximum Gasteiger partial charge on any atom is 0.329 e. The third kappa shape index (κ3) is 15.3. The van der Waals surface area contributed by atoms with E-state index >= 15 is 9.59 Å². The number of para-hydroxylation sites is 1. The molecule has 394 valence electrons. The van der Waals surface area contributed by atoms with Gasteiger partial charge in [-0.05, 0) is 85.6 Å². The summed E-state index contributed by atoms with van der Waals surface area (Å²) in [5.74, 6) is -5.84. The third-order valence-electron chi connectivity index (χ3n) is 13.1. The first-order valence-corrected chi connectivity index (χ1v) is 25.1. The Morgan fingerprint density at radius 1 is 0.694 bits per heavy atom. The maximum atomic E-state index is 15.1. The van der Waals surface area contributed by atoms with E-state index in [1.165, 1.54) is 51.0 Å². The summed E-state index contributed by atoms with van der Waals surface area (Å²) in [6.07, 6.45) is 0.559. The van der Waals surface area contributed by atoms with E-state index in [0.29, 0.717) is 12.1 Å². The number of carbonyl (C=O) groups excluding carboxylic acids is 7. The van der Waals surface area contributed by atoms with E-state index in [1.807, 2.05) is 96.5 Å². The molecule has 0 saturated carbocycles. The topological polar surface area (TPSA) is 212 Å². The zero-order valence-electron chi connectivity index (χ0n) is 44.4. The minimum atomic E-state index is -1.52.